The van der Waals surface area contributed by atoms with E-state index >= 15 is 0 Å². The molecule has 0 spiro atoms. The molecule has 0 saturated carbocycles. The third kappa shape index (κ3) is 12.5. The number of carbonyl (C=O) groups excluding carboxylic acids is 5. The third-order valence-electron chi connectivity index (χ3n) is 12.0. The molecule has 5 atom stereocenters. The molecule has 2 heterocycles. The normalized spacial score (nSPS) is 20.8. The van der Waals surface area contributed by atoms with Crippen molar-refractivity contribution in [2.45, 2.75) is 150 Å². The van der Waals surface area contributed by atoms with Crippen LogP contribution in [0.15, 0.2) is 36.4 Å². The standard InChI is InChI=1S/C48H69N3O9/c1-14-29(2)40-24-31(4)41(43-44(59-34(7)54)42(58-33(6)53)27-39(60-43)28-57-32(5)52)26-37(40)25-36-16-15-35(23-30(36)3)17-20-47(8,9)45(55)49-48(10,11)46(56)51-21-18-38(19-22-51)50(12)13/h15-17,20,23-24,26,29,38-39,42-44H,14,18-19,21-22,25,27-28H2,1-13H3,(H,49,55). The number of carbonyl (C=O) groups is 5. The van der Waals surface area contributed by atoms with Gasteiger partial charge in [0.15, 0.2) is 6.10 Å². The first-order chi connectivity index (χ1) is 28.0. The Kier molecular flexibility index (Phi) is 16.3. The number of aryl methyl sites for hydroxylation is 2. The maximum Gasteiger partial charge on any atom is 0.303 e. The number of esters is 3. The van der Waals surface area contributed by atoms with Gasteiger partial charge in [0.2, 0.25) is 11.8 Å². The lowest BCUT2D eigenvalue weighted by molar-refractivity contribution is -0.214. The minimum atomic E-state index is -1.05. The summed E-state index contributed by atoms with van der Waals surface area (Å²) < 4.78 is 23.4. The van der Waals surface area contributed by atoms with E-state index in [1.54, 1.807) is 13.8 Å². The molecule has 2 saturated heterocycles. The van der Waals surface area contributed by atoms with Crippen LogP contribution in [0, 0.1) is 19.3 Å². The highest BCUT2D eigenvalue weighted by atomic mass is 16.6. The van der Waals surface area contributed by atoms with Gasteiger partial charge in [-0.2, -0.15) is 0 Å². The number of nitrogens with one attached hydrogen (secondary N) is 1. The number of likely N-dealkylation sites (tertiary alicyclic amines) is 1. The van der Waals surface area contributed by atoms with Gasteiger partial charge in [-0.25, -0.2) is 0 Å². The summed E-state index contributed by atoms with van der Waals surface area (Å²) in [5, 5.41) is 3.03. The van der Waals surface area contributed by atoms with Crippen LogP contribution in [0.5, 0.6) is 0 Å². The van der Waals surface area contributed by atoms with E-state index in [9.17, 15) is 24.0 Å². The molecule has 4 rings (SSSR count). The molecule has 2 aliphatic rings. The van der Waals surface area contributed by atoms with E-state index in [2.05, 4.69) is 69.3 Å². The van der Waals surface area contributed by atoms with Crippen molar-refractivity contribution in [1.29, 1.82) is 0 Å². The maximum atomic E-state index is 13.6. The van der Waals surface area contributed by atoms with Gasteiger partial charge in [-0.3, -0.25) is 24.0 Å². The van der Waals surface area contributed by atoms with Gasteiger partial charge in [0.1, 0.15) is 24.4 Å². The first kappa shape index (κ1) is 48.1. The van der Waals surface area contributed by atoms with E-state index in [1.165, 1.54) is 26.3 Å². The topological polar surface area (TPSA) is 141 Å². The molecule has 2 aliphatic heterocycles. The Hall–Kier alpha value is -4.55. The van der Waals surface area contributed by atoms with Crippen molar-refractivity contribution in [2.24, 2.45) is 5.41 Å². The van der Waals surface area contributed by atoms with Gasteiger partial charge in [0.05, 0.1) is 11.5 Å². The smallest absolute Gasteiger partial charge is 0.303 e. The number of hydrogen-bond acceptors (Lipinski definition) is 10. The van der Waals surface area contributed by atoms with Crippen molar-refractivity contribution < 1.29 is 42.9 Å². The van der Waals surface area contributed by atoms with Gasteiger partial charge in [-0.15, -0.1) is 0 Å². The summed E-state index contributed by atoms with van der Waals surface area (Å²) in [5.74, 6) is -1.55. The highest BCUT2D eigenvalue weighted by Gasteiger charge is 2.45. The van der Waals surface area contributed by atoms with Crippen LogP contribution in [-0.4, -0.2) is 103 Å². The van der Waals surface area contributed by atoms with E-state index in [-0.39, 0.29) is 30.8 Å². The van der Waals surface area contributed by atoms with Crippen LogP contribution in [0.25, 0.3) is 6.08 Å². The van der Waals surface area contributed by atoms with Crippen LogP contribution in [0.4, 0.5) is 0 Å². The minimum Gasteiger partial charge on any atom is -0.463 e. The quantitative estimate of drug-likeness (QED) is 0.145. The highest BCUT2D eigenvalue weighted by Crippen LogP contribution is 2.40. The second-order valence-corrected chi connectivity index (χ2v) is 18.1. The number of rotatable bonds is 15. The van der Waals surface area contributed by atoms with Crippen LogP contribution < -0.4 is 5.32 Å². The number of nitrogens with zero attached hydrogens (tertiary/aromatic N) is 2. The number of benzene rings is 2. The van der Waals surface area contributed by atoms with E-state index in [0.29, 0.717) is 25.6 Å². The fourth-order valence-corrected chi connectivity index (χ4v) is 8.17. The summed E-state index contributed by atoms with van der Waals surface area (Å²) in [5.41, 5.74) is 5.22. The summed E-state index contributed by atoms with van der Waals surface area (Å²) >= 11 is 0. The monoisotopic (exact) mass is 832 g/mol. The van der Waals surface area contributed by atoms with Crippen LogP contribution in [0.3, 0.4) is 0 Å². The Morgan fingerprint density at radius 2 is 1.57 bits per heavy atom. The summed E-state index contributed by atoms with van der Waals surface area (Å²) in [6, 6.07) is 11.0. The SMILES string of the molecule is CCC(C)c1cc(C)c(C2OC(COC(C)=O)CC(OC(C)=O)C2OC(C)=O)cc1Cc1ccc(C=CC(C)(C)C(=O)NC(C)(C)C(=O)N2CCC(N(C)C)CC2)cc1C. The molecule has 0 bridgehead atoms. The Morgan fingerprint density at radius 1 is 0.917 bits per heavy atom. The minimum absolute atomic E-state index is 0.0384. The van der Waals surface area contributed by atoms with Gasteiger partial charge in [0.25, 0.3) is 0 Å². The summed E-state index contributed by atoms with van der Waals surface area (Å²) in [6.07, 6.45) is 4.25. The maximum absolute atomic E-state index is 13.6. The zero-order valence-corrected chi connectivity index (χ0v) is 38.2. The molecule has 1 N–H and O–H groups in total. The van der Waals surface area contributed by atoms with Crippen molar-refractivity contribution in [1.82, 2.24) is 15.1 Å². The molecule has 60 heavy (non-hydrogen) atoms. The molecule has 2 fully saturated rings. The first-order valence-corrected chi connectivity index (χ1v) is 21.4. The van der Waals surface area contributed by atoms with Gasteiger partial charge in [-0.05, 0) is 126 Å². The zero-order valence-electron chi connectivity index (χ0n) is 38.2. The Labute approximate surface area is 357 Å². The van der Waals surface area contributed by atoms with Crippen molar-refractivity contribution in [3.05, 3.63) is 75.4 Å². The highest BCUT2D eigenvalue weighted by molar-refractivity contribution is 5.93. The molecular formula is C48H69N3O9. The molecule has 5 unspecified atom stereocenters. The van der Waals surface area contributed by atoms with E-state index in [4.69, 9.17) is 18.9 Å². The van der Waals surface area contributed by atoms with Crippen LogP contribution in [-0.2, 0) is 49.3 Å². The van der Waals surface area contributed by atoms with Gasteiger partial charge < -0.3 is 34.1 Å². The lowest BCUT2D eigenvalue weighted by atomic mass is 9.83. The average Bonchev–Trinajstić information content (AvgIpc) is 3.17. The van der Waals surface area contributed by atoms with Crippen molar-refractivity contribution in [2.75, 3.05) is 33.8 Å². The second-order valence-electron chi connectivity index (χ2n) is 18.1. The predicted octanol–water partition coefficient (Wildman–Crippen LogP) is 7.15. The van der Waals surface area contributed by atoms with E-state index in [1.807, 2.05) is 43.9 Å². The summed E-state index contributed by atoms with van der Waals surface area (Å²) in [7, 11) is 4.14. The molecule has 330 valence electrons. The lowest BCUT2D eigenvalue weighted by Gasteiger charge is -2.41. The van der Waals surface area contributed by atoms with Gasteiger partial charge >= 0.3 is 17.9 Å². The number of piperidine rings is 1. The van der Waals surface area contributed by atoms with Gasteiger partial charge in [-0.1, -0.05) is 56.3 Å². The predicted molar refractivity (Wildman–Crippen MR) is 232 cm³/mol. The molecule has 12 nitrogen and oxygen atoms in total. The largest absolute Gasteiger partial charge is 0.463 e. The molecule has 0 radical (unpaired) electrons. The first-order valence-electron chi connectivity index (χ1n) is 21.4. The van der Waals surface area contributed by atoms with E-state index < -0.39 is 53.3 Å². The van der Waals surface area contributed by atoms with Crippen LogP contribution >= 0.6 is 0 Å². The third-order valence-corrected chi connectivity index (χ3v) is 12.0. The Bertz CT molecular complexity index is 1910. The molecule has 0 aromatic heterocycles. The summed E-state index contributed by atoms with van der Waals surface area (Å²) in [6.45, 7) is 20.9. The van der Waals surface area contributed by atoms with Crippen LogP contribution in [0.2, 0.25) is 0 Å². The molecule has 2 amide bonds. The van der Waals surface area contributed by atoms with Crippen molar-refractivity contribution >= 4 is 35.8 Å². The van der Waals surface area contributed by atoms with Gasteiger partial charge in [0, 0.05) is 46.3 Å². The number of amides is 2. The van der Waals surface area contributed by atoms with E-state index in [0.717, 1.165) is 52.6 Å². The molecule has 2 aromatic carbocycles. The van der Waals surface area contributed by atoms with Crippen LogP contribution in [0.1, 0.15) is 139 Å². The fraction of sp³-hybridized carbons (Fsp3) is 0.604. The molecule has 2 aromatic rings. The number of ether oxygens (including phenoxy) is 4. The molecule has 0 aliphatic carbocycles. The average molecular weight is 832 g/mol. The zero-order chi connectivity index (χ0) is 44.7. The molecular weight excluding hydrogens is 763 g/mol. The Balaban J connectivity index is 1.58. The van der Waals surface area contributed by atoms with Crippen molar-refractivity contribution in [3.63, 3.8) is 0 Å². The molecule has 12 heteroatoms. The fourth-order valence-electron chi connectivity index (χ4n) is 8.17. The Morgan fingerprint density at radius 3 is 2.13 bits per heavy atom. The van der Waals surface area contributed by atoms with Crippen molar-refractivity contribution in [3.8, 4) is 0 Å². The second kappa shape index (κ2) is 20.3. The summed E-state index contributed by atoms with van der Waals surface area (Å²) in [4.78, 5) is 67.6. The lowest BCUT2D eigenvalue weighted by Crippen LogP contribution is -2.59. The number of hydrogen-bond donors (Lipinski definition) is 1.